The summed E-state index contributed by atoms with van der Waals surface area (Å²) in [5.41, 5.74) is 0. The van der Waals surface area contributed by atoms with E-state index in [1.807, 2.05) is 0 Å². The van der Waals surface area contributed by atoms with Crippen molar-refractivity contribution in [2.45, 2.75) is 25.0 Å². The summed E-state index contributed by atoms with van der Waals surface area (Å²) in [6.07, 6.45) is 1.80. The predicted molar refractivity (Wildman–Crippen MR) is 46.1 cm³/mol. The summed E-state index contributed by atoms with van der Waals surface area (Å²) in [6, 6.07) is 0. The maximum atomic E-state index is 10.7. The van der Waals surface area contributed by atoms with E-state index in [4.69, 9.17) is 9.47 Å². The second kappa shape index (κ2) is 4.99. The fourth-order valence-electron chi connectivity index (χ4n) is 1.21. The quantitative estimate of drug-likeness (QED) is 0.507. The summed E-state index contributed by atoms with van der Waals surface area (Å²) in [6.45, 7) is 4.00. The van der Waals surface area contributed by atoms with E-state index in [1.165, 1.54) is 0 Å². The first-order valence-electron chi connectivity index (χ1n) is 4.31. The highest BCUT2D eigenvalue weighted by molar-refractivity contribution is 5.81. The summed E-state index contributed by atoms with van der Waals surface area (Å²) in [7, 11) is 0. The molecule has 1 N–H and O–H groups in total. The van der Waals surface area contributed by atoms with Crippen molar-refractivity contribution in [1.82, 2.24) is 0 Å². The van der Waals surface area contributed by atoms with E-state index in [1.54, 1.807) is 0 Å². The predicted octanol–water partition coefficient (Wildman–Crippen LogP) is 0.255. The van der Waals surface area contributed by atoms with Gasteiger partial charge in [-0.15, -0.1) is 0 Å². The number of esters is 1. The van der Waals surface area contributed by atoms with Crippen LogP contribution in [0, 0.1) is 0 Å². The molecular weight excluding hydrogens is 172 g/mol. The molecule has 1 unspecified atom stereocenters. The number of hydrogen-bond acceptors (Lipinski definition) is 4. The SMILES string of the molecule is C=CC(=O)OCC1C[C@H](O)CCO1. The van der Waals surface area contributed by atoms with Crippen LogP contribution in [-0.2, 0) is 14.3 Å². The van der Waals surface area contributed by atoms with Crippen LogP contribution in [0.5, 0.6) is 0 Å². The molecule has 13 heavy (non-hydrogen) atoms. The summed E-state index contributed by atoms with van der Waals surface area (Å²) in [4.78, 5) is 10.7. The van der Waals surface area contributed by atoms with Crippen LogP contribution in [-0.4, -0.2) is 36.5 Å². The Balaban J connectivity index is 2.20. The van der Waals surface area contributed by atoms with E-state index in [9.17, 15) is 9.90 Å². The van der Waals surface area contributed by atoms with Gasteiger partial charge < -0.3 is 14.6 Å². The topological polar surface area (TPSA) is 55.8 Å². The molecule has 1 heterocycles. The van der Waals surface area contributed by atoms with Gasteiger partial charge in [0.2, 0.25) is 0 Å². The van der Waals surface area contributed by atoms with Crippen molar-refractivity contribution in [3.05, 3.63) is 12.7 Å². The van der Waals surface area contributed by atoms with Crippen LogP contribution >= 0.6 is 0 Å². The standard InChI is InChI=1S/C9H14O4/c1-2-9(11)13-6-8-5-7(10)3-4-12-8/h2,7-8,10H,1,3-6H2/t7-,8?/m1/s1. The second-order valence-electron chi connectivity index (χ2n) is 3.01. The normalized spacial score (nSPS) is 28.1. The third-order valence-corrected chi connectivity index (χ3v) is 1.92. The third kappa shape index (κ3) is 3.57. The Bertz CT molecular complexity index is 190. The molecule has 74 valence electrons. The molecule has 0 aromatic carbocycles. The Hall–Kier alpha value is -0.870. The Morgan fingerprint density at radius 2 is 2.54 bits per heavy atom. The molecule has 0 aromatic heterocycles. The molecule has 0 spiro atoms. The minimum Gasteiger partial charge on any atom is -0.460 e. The monoisotopic (exact) mass is 186 g/mol. The van der Waals surface area contributed by atoms with Gasteiger partial charge >= 0.3 is 5.97 Å². The van der Waals surface area contributed by atoms with Gasteiger partial charge in [0.15, 0.2) is 0 Å². The molecule has 0 bridgehead atoms. The Labute approximate surface area is 77.1 Å². The number of aliphatic hydroxyl groups is 1. The summed E-state index contributed by atoms with van der Waals surface area (Å²) < 4.78 is 10.1. The van der Waals surface area contributed by atoms with Crippen molar-refractivity contribution >= 4 is 5.97 Å². The zero-order valence-electron chi connectivity index (χ0n) is 7.44. The fourth-order valence-corrected chi connectivity index (χ4v) is 1.21. The van der Waals surface area contributed by atoms with Gasteiger partial charge in [-0.3, -0.25) is 0 Å². The molecule has 0 aliphatic carbocycles. The van der Waals surface area contributed by atoms with Gasteiger partial charge in [0.1, 0.15) is 6.61 Å². The highest BCUT2D eigenvalue weighted by Gasteiger charge is 2.21. The molecule has 0 aromatic rings. The first-order valence-corrected chi connectivity index (χ1v) is 4.31. The molecule has 0 radical (unpaired) electrons. The molecule has 1 saturated heterocycles. The zero-order chi connectivity index (χ0) is 9.68. The van der Waals surface area contributed by atoms with Gasteiger partial charge in [-0.05, 0) is 6.42 Å². The molecule has 1 fully saturated rings. The van der Waals surface area contributed by atoms with Gasteiger partial charge in [0, 0.05) is 19.1 Å². The average molecular weight is 186 g/mol. The first-order chi connectivity index (χ1) is 6.22. The van der Waals surface area contributed by atoms with Crippen molar-refractivity contribution in [3.8, 4) is 0 Å². The van der Waals surface area contributed by atoms with Crippen molar-refractivity contribution in [3.63, 3.8) is 0 Å². The molecule has 0 amide bonds. The lowest BCUT2D eigenvalue weighted by molar-refractivity contribution is -0.145. The van der Waals surface area contributed by atoms with Crippen molar-refractivity contribution in [2.24, 2.45) is 0 Å². The van der Waals surface area contributed by atoms with Crippen LogP contribution in [0.2, 0.25) is 0 Å². The van der Waals surface area contributed by atoms with Crippen molar-refractivity contribution in [2.75, 3.05) is 13.2 Å². The van der Waals surface area contributed by atoms with Gasteiger partial charge in [0.25, 0.3) is 0 Å². The zero-order valence-corrected chi connectivity index (χ0v) is 7.44. The largest absolute Gasteiger partial charge is 0.460 e. The van der Waals surface area contributed by atoms with Crippen LogP contribution in [0.4, 0.5) is 0 Å². The minimum atomic E-state index is -0.455. The maximum Gasteiger partial charge on any atom is 0.330 e. The van der Waals surface area contributed by atoms with Crippen LogP contribution in [0.25, 0.3) is 0 Å². The summed E-state index contributed by atoms with van der Waals surface area (Å²) in [5.74, 6) is -0.455. The molecule has 4 heteroatoms. The molecule has 1 aliphatic rings. The Morgan fingerprint density at radius 1 is 1.77 bits per heavy atom. The van der Waals surface area contributed by atoms with E-state index in [0.717, 1.165) is 6.08 Å². The number of hydrogen-bond donors (Lipinski definition) is 1. The molecule has 1 aliphatic heterocycles. The van der Waals surface area contributed by atoms with Crippen LogP contribution in [0.3, 0.4) is 0 Å². The summed E-state index contributed by atoms with van der Waals surface area (Å²) in [5, 5.41) is 9.26. The minimum absolute atomic E-state index is 0.173. The maximum absolute atomic E-state index is 10.7. The van der Waals surface area contributed by atoms with E-state index >= 15 is 0 Å². The second-order valence-corrected chi connectivity index (χ2v) is 3.01. The number of aliphatic hydroxyl groups excluding tert-OH is 1. The number of carbonyl (C=O) groups excluding carboxylic acids is 1. The van der Waals surface area contributed by atoms with Crippen molar-refractivity contribution < 1.29 is 19.4 Å². The van der Waals surface area contributed by atoms with E-state index in [2.05, 4.69) is 6.58 Å². The van der Waals surface area contributed by atoms with Gasteiger partial charge in [-0.25, -0.2) is 4.79 Å². The fraction of sp³-hybridized carbons (Fsp3) is 0.667. The molecule has 4 nitrogen and oxygen atoms in total. The first kappa shape index (κ1) is 10.2. The lowest BCUT2D eigenvalue weighted by Crippen LogP contribution is -2.32. The van der Waals surface area contributed by atoms with Gasteiger partial charge in [-0.1, -0.05) is 6.58 Å². The number of ether oxygens (including phenoxy) is 2. The average Bonchev–Trinajstić information content (AvgIpc) is 2.14. The lowest BCUT2D eigenvalue weighted by Gasteiger charge is -2.25. The van der Waals surface area contributed by atoms with E-state index < -0.39 is 5.97 Å². The number of carbonyl (C=O) groups is 1. The van der Waals surface area contributed by atoms with Crippen LogP contribution < -0.4 is 0 Å². The highest BCUT2D eigenvalue weighted by atomic mass is 16.6. The van der Waals surface area contributed by atoms with Crippen molar-refractivity contribution in [1.29, 1.82) is 0 Å². The van der Waals surface area contributed by atoms with Crippen LogP contribution in [0.1, 0.15) is 12.8 Å². The third-order valence-electron chi connectivity index (χ3n) is 1.92. The number of rotatable bonds is 3. The lowest BCUT2D eigenvalue weighted by atomic mass is 10.1. The Kier molecular flexibility index (Phi) is 3.92. The smallest absolute Gasteiger partial charge is 0.330 e. The highest BCUT2D eigenvalue weighted by Crippen LogP contribution is 2.13. The van der Waals surface area contributed by atoms with Gasteiger partial charge in [-0.2, -0.15) is 0 Å². The molecule has 0 saturated carbocycles. The van der Waals surface area contributed by atoms with E-state index in [0.29, 0.717) is 19.4 Å². The van der Waals surface area contributed by atoms with E-state index in [-0.39, 0.29) is 18.8 Å². The Morgan fingerprint density at radius 3 is 3.15 bits per heavy atom. The summed E-state index contributed by atoms with van der Waals surface area (Å²) >= 11 is 0. The van der Waals surface area contributed by atoms with Crippen LogP contribution in [0.15, 0.2) is 12.7 Å². The molecule has 1 rings (SSSR count). The van der Waals surface area contributed by atoms with Gasteiger partial charge in [0.05, 0.1) is 12.2 Å². The molecule has 2 atom stereocenters. The molecular formula is C9H14O4.